The molecule has 4 unspecified atom stereocenters. The highest BCUT2D eigenvalue weighted by Crippen LogP contribution is 2.26. The fraction of sp³-hybridized carbons (Fsp3) is 0.833. The Balaban J connectivity index is 1.86. The largest absolute Gasteiger partial charge is 0.324 e. The fourth-order valence-electron chi connectivity index (χ4n) is 2.50. The van der Waals surface area contributed by atoms with Crippen LogP contribution in [-0.4, -0.2) is 41.1 Å². The van der Waals surface area contributed by atoms with Gasteiger partial charge in [0.15, 0.2) is 0 Å². The Morgan fingerprint density at radius 1 is 1.40 bits per heavy atom. The van der Waals surface area contributed by atoms with Gasteiger partial charge in [-0.3, -0.25) is 4.90 Å². The Morgan fingerprint density at radius 3 is 2.87 bits per heavy atom. The van der Waals surface area contributed by atoms with E-state index in [9.17, 15) is 0 Å². The Labute approximate surface area is 97.3 Å². The predicted molar refractivity (Wildman–Crippen MR) is 68.2 cm³/mol. The van der Waals surface area contributed by atoms with Crippen molar-refractivity contribution in [2.24, 2.45) is 11.7 Å². The molecule has 0 bridgehead atoms. The van der Waals surface area contributed by atoms with Crippen LogP contribution >= 0.6 is 11.8 Å². The van der Waals surface area contributed by atoms with Crippen molar-refractivity contribution in [2.45, 2.75) is 37.6 Å². The van der Waals surface area contributed by atoms with Crippen molar-refractivity contribution >= 4 is 11.8 Å². The first-order valence-electron chi connectivity index (χ1n) is 5.96. The van der Waals surface area contributed by atoms with E-state index in [-0.39, 0.29) is 0 Å². The summed E-state index contributed by atoms with van der Waals surface area (Å²) >= 11 is 2.10. The SMILES string of the molecule is CC1SCCN(CC2C=CC(N)C2)C1C. The molecule has 3 heteroatoms. The van der Waals surface area contributed by atoms with Gasteiger partial charge in [0.25, 0.3) is 0 Å². The van der Waals surface area contributed by atoms with Gasteiger partial charge < -0.3 is 5.73 Å². The van der Waals surface area contributed by atoms with Gasteiger partial charge in [0, 0.05) is 36.2 Å². The highest BCUT2D eigenvalue weighted by atomic mass is 32.2. The van der Waals surface area contributed by atoms with E-state index < -0.39 is 0 Å². The molecule has 1 aliphatic carbocycles. The summed E-state index contributed by atoms with van der Waals surface area (Å²) in [5, 5.41) is 0.776. The lowest BCUT2D eigenvalue weighted by atomic mass is 10.1. The first-order valence-corrected chi connectivity index (χ1v) is 7.01. The first-order chi connectivity index (χ1) is 7.16. The molecule has 0 spiro atoms. The minimum atomic E-state index is 0.307. The van der Waals surface area contributed by atoms with Crippen molar-refractivity contribution < 1.29 is 0 Å². The van der Waals surface area contributed by atoms with Gasteiger partial charge in [-0.2, -0.15) is 11.8 Å². The number of rotatable bonds is 2. The summed E-state index contributed by atoms with van der Waals surface area (Å²) in [5.74, 6) is 1.98. The van der Waals surface area contributed by atoms with Crippen LogP contribution in [0.5, 0.6) is 0 Å². The summed E-state index contributed by atoms with van der Waals surface area (Å²) in [7, 11) is 0. The molecule has 1 heterocycles. The smallest absolute Gasteiger partial charge is 0.0229 e. The lowest BCUT2D eigenvalue weighted by Gasteiger charge is -2.38. The Morgan fingerprint density at radius 2 is 2.20 bits per heavy atom. The molecule has 2 rings (SSSR count). The van der Waals surface area contributed by atoms with Crippen LogP contribution in [-0.2, 0) is 0 Å². The molecule has 0 aromatic rings. The van der Waals surface area contributed by atoms with E-state index >= 15 is 0 Å². The molecule has 1 fully saturated rings. The molecule has 2 aliphatic rings. The molecular weight excluding hydrogens is 204 g/mol. The summed E-state index contributed by atoms with van der Waals surface area (Å²) < 4.78 is 0. The number of nitrogens with two attached hydrogens (primary N) is 1. The summed E-state index contributed by atoms with van der Waals surface area (Å²) in [4.78, 5) is 2.63. The molecule has 1 aliphatic heterocycles. The zero-order valence-corrected chi connectivity index (χ0v) is 10.5. The molecule has 15 heavy (non-hydrogen) atoms. The molecule has 0 radical (unpaired) electrons. The second-order valence-corrected chi connectivity index (χ2v) is 6.34. The number of hydrogen-bond donors (Lipinski definition) is 1. The summed E-state index contributed by atoms with van der Waals surface area (Å²) in [6.07, 6.45) is 5.62. The lowest BCUT2D eigenvalue weighted by molar-refractivity contribution is 0.191. The fourth-order valence-corrected chi connectivity index (χ4v) is 3.66. The van der Waals surface area contributed by atoms with Gasteiger partial charge in [-0.1, -0.05) is 19.1 Å². The Hall–Kier alpha value is 0.01000. The molecule has 0 aromatic heterocycles. The first kappa shape index (κ1) is 11.5. The maximum absolute atomic E-state index is 5.88. The normalized spacial score (nSPS) is 42.3. The van der Waals surface area contributed by atoms with Gasteiger partial charge in [-0.15, -0.1) is 0 Å². The molecule has 0 aromatic carbocycles. The van der Waals surface area contributed by atoms with E-state index in [1.807, 2.05) is 0 Å². The van der Waals surface area contributed by atoms with E-state index in [4.69, 9.17) is 5.73 Å². The van der Waals surface area contributed by atoms with Crippen LogP contribution in [0, 0.1) is 5.92 Å². The van der Waals surface area contributed by atoms with E-state index in [1.165, 1.54) is 18.8 Å². The summed E-state index contributed by atoms with van der Waals surface area (Å²) in [6, 6.07) is 1.02. The number of hydrogen-bond acceptors (Lipinski definition) is 3. The van der Waals surface area contributed by atoms with Gasteiger partial charge in [0.1, 0.15) is 0 Å². The van der Waals surface area contributed by atoms with Gasteiger partial charge in [-0.05, 0) is 19.3 Å². The van der Waals surface area contributed by atoms with Crippen molar-refractivity contribution in [1.29, 1.82) is 0 Å². The van der Waals surface area contributed by atoms with Crippen LogP contribution in [0.15, 0.2) is 12.2 Å². The minimum Gasteiger partial charge on any atom is -0.324 e. The third-order valence-corrected chi connectivity index (χ3v) is 5.03. The van der Waals surface area contributed by atoms with Crippen molar-refractivity contribution in [3.05, 3.63) is 12.2 Å². The van der Waals surface area contributed by atoms with Crippen molar-refractivity contribution in [1.82, 2.24) is 4.90 Å². The number of nitrogens with zero attached hydrogens (tertiary/aromatic N) is 1. The highest BCUT2D eigenvalue weighted by molar-refractivity contribution is 8.00. The highest BCUT2D eigenvalue weighted by Gasteiger charge is 2.27. The zero-order chi connectivity index (χ0) is 10.8. The molecule has 4 atom stereocenters. The quantitative estimate of drug-likeness (QED) is 0.727. The molecule has 2 nitrogen and oxygen atoms in total. The average molecular weight is 226 g/mol. The standard InChI is InChI=1S/C12H22N2S/c1-9-10(2)15-6-5-14(9)8-11-3-4-12(13)7-11/h3-4,9-12H,5-8,13H2,1-2H3. The number of thioether (sulfide) groups is 1. The lowest BCUT2D eigenvalue weighted by Crippen LogP contribution is -2.46. The maximum atomic E-state index is 5.88. The van der Waals surface area contributed by atoms with Crippen LogP contribution in [0.1, 0.15) is 20.3 Å². The van der Waals surface area contributed by atoms with Crippen LogP contribution < -0.4 is 5.73 Å². The average Bonchev–Trinajstić information content (AvgIpc) is 2.59. The second kappa shape index (κ2) is 4.89. The van der Waals surface area contributed by atoms with E-state index in [0.717, 1.165) is 11.7 Å². The van der Waals surface area contributed by atoms with Crippen molar-refractivity contribution in [2.75, 3.05) is 18.8 Å². The Bertz CT molecular complexity index is 242. The maximum Gasteiger partial charge on any atom is 0.0229 e. The van der Waals surface area contributed by atoms with Crippen molar-refractivity contribution in [3.63, 3.8) is 0 Å². The minimum absolute atomic E-state index is 0.307. The van der Waals surface area contributed by atoms with Crippen LogP contribution in [0.4, 0.5) is 0 Å². The third kappa shape index (κ3) is 2.77. The monoisotopic (exact) mass is 226 g/mol. The summed E-state index contributed by atoms with van der Waals surface area (Å²) in [6.45, 7) is 7.15. The van der Waals surface area contributed by atoms with Crippen LogP contribution in [0.3, 0.4) is 0 Å². The molecular formula is C12H22N2S. The van der Waals surface area contributed by atoms with Gasteiger partial charge >= 0.3 is 0 Å². The van der Waals surface area contributed by atoms with Gasteiger partial charge in [0.05, 0.1) is 0 Å². The summed E-state index contributed by atoms with van der Waals surface area (Å²) in [5.41, 5.74) is 5.88. The van der Waals surface area contributed by atoms with E-state index in [1.54, 1.807) is 0 Å². The zero-order valence-electron chi connectivity index (χ0n) is 9.73. The predicted octanol–water partition coefficient (Wildman–Crippen LogP) is 1.72. The van der Waals surface area contributed by atoms with Crippen molar-refractivity contribution in [3.8, 4) is 0 Å². The van der Waals surface area contributed by atoms with E-state index in [0.29, 0.717) is 18.0 Å². The second-order valence-electron chi connectivity index (χ2n) is 4.86. The molecule has 0 saturated carbocycles. The van der Waals surface area contributed by atoms with E-state index in [2.05, 4.69) is 42.7 Å². The van der Waals surface area contributed by atoms with Crippen LogP contribution in [0.25, 0.3) is 0 Å². The topological polar surface area (TPSA) is 29.3 Å². The Kier molecular flexibility index (Phi) is 3.75. The van der Waals surface area contributed by atoms with Gasteiger partial charge in [-0.25, -0.2) is 0 Å². The molecule has 2 N–H and O–H groups in total. The molecule has 0 amide bonds. The van der Waals surface area contributed by atoms with Crippen LogP contribution in [0.2, 0.25) is 0 Å². The molecule has 86 valence electrons. The van der Waals surface area contributed by atoms with Gasteiger partial charge in [0.2, 0.25) is 0 Å². The third-order valence-electron chi connectivity index (χ3n) is 3.69. The molecule has 1 saturated heterocycles.